The van der Waals surface area contributed by atoms with Crippen molar-refractivity contribution in [1.29, 1.82) is 5.26 Å². The Hall–Kier alpha value is -1.42. The molecule has 0 radical (unpaired) electrons. The van der Waals surface area contributed by atoms with Crippen molar-refractivity contribution in [2.45, 2.75) is 13.5 Å². The third-order valence-corrected chi connectivity index (χ3v) is 4.97. The van der Waals surface area contributed by atoms with Gasteiger partial charge in [-0.3, -0.25) is 4.90 Å². The van der Waals surface area contributed by atoms with E-state index in [0.29, 0.717) is 18.7 Å². The van der Waals surface area contributed by atoms with Crippen LogP contribution < -0.4 is 0 Å². The summed E-state index contributed by atoms with van der Waals surface area (Å²) in [5.74, 6) is 0. The lowest BCUT2D eigenvalue weighted by atomic mass is 10.0. The first-order chi connectivity index (χ1) is 9.40. The van der Waals surface area contributed by atoms with Gasteiger partial charge in [-0.15, -0.1) is 0 Å². The Morgan fingerprint density at radius 1 is 1.25 bits per heavy atom. The highest BCUT2D eigenvalue weighted by molar-refractivity contribution is 7.88. The third kappa shape index (κ3) is 3.57. The number of aryl methyl sites for hydroxylation is 1. The van der Waals surface area contributed by atoms with E-state index in [-0.39, 0.29) is 0 Å². The summed E-state index contributed by atoms with van der Waals surface area (Å²) in [6, 6.07) is 7.84. The van der Waals surface area contributed by atoms with Gasteiger partial charge in [0.25, 0.3) is 0 Å². The van der Waals surface area contributed by atoms with E-state index >= 15 is 0 Å². The molecule has 0 amide bonds. The Morgan fingerprint density at radius 3 is 2.40 bits per heavy atom. The van der Waals surface area contributed by atoms with Crippen LogP contribution in [0, 0.1) is 18.3 Å². The molecule has 5 nitrogen and oxygen atoms in total. The van der Waals surface area contributed by atoms with Gasteiger partial charge in [0.05, 0.1) is 17.9 Å². The van der Waals surface area contributed by atoms with Crippen molar-refractivity contribution < 1.29 is 8.42 Å². The Balaban J connectivity index is 1.98. The van der Waals surface area contributed by atoms with Crippen molar-refractivity contribution in [3.8, 4) is 6.07 Å². The van der Waals surface area contributed by atoms with Crippen LogP contribution in [0.15, 0.2) is 18.2 Å². The number of benzene rings is 1. The summed E-state index contributed by atoms with van der Waals surface area (Å²) >= 11 is 0. The Kier molecular flexibility index (Phi) is 4.43. The van der Waals surface area contributed by atoms with Crippen LogP contribution in [0.4, 0.5) is 0 Å². The number of nitrogens with zero attached hydrogens (tertiary/aromatic N) is 3. The van der Waals surface area contributed by atoms with Gasteiger partial charge in [-0.2, -0.15) is 9.57 Å². The number of hydrogen-bond donors (Lipinski definition) is 0. The van der Waals surface area contributed by atoms with Gasteiger partial charge >= 0.3 is 0 Å². The van der Waals surface area contributed by atoms with Crippen LogP contribution in [-0.2, 0) is 16.6 Å². The first-order valence-electron chi connectivity index (χ1n) is 6.57. The summed E-state index contributed by atoms with van der Waals surface area (Å²) in [6.45, 7) is 5.39. The zero-order chi connectivity index (χ0) is 14.8. The van der Waals surface area contributed by atoms with Gasteiger partial charge in [0.1, 0.15) is 0 Å². The number of sulfonamides is 1. The Bertz CT molecular complexity index is 626. The van der Waals surface area contributed by atoms with E-state index in [4.69, 9.17) is 5.26 Å². The van der Waals surface area contributed by atoms with Crippen LogP contribution in [-0.4, -0.2) is 50.1 Å². The van der Waals surface area contributed by atoms with Gasteiger partial charge in [0.15, 0.2) is 0 Å². The quantitative estimate of drug-likeness (QED) is 0.832. The zero-order valence-corrected chi connectivity index (χ0v) is 12.7. The minimum Gasteiger partial charge on any atom is -0.296 e. The first kappa shape index (κ1) is 15.0. The SMILES string of the molecule is Cc1cc(C#N)ccc1CN1CCN(S(C)(=O)=O)CC1. The molecule has 108 valence electrons. The Labute approximate surface area is 120 Å². The monoisotopic (exact) mass is 293 g/mol. The maximum atomic E-state index is 11.5. The second-order valence-electron chi connectivity index (χ2n) is 5.19. The lowest BCUT2D eigenvalue weighted by Crippen LogP contribution is -2.47. The molecule has 1 saturated heterocycles. The molecule has 1 aliphatic heterocycles. The molecular weight excluding hydrogens is 274 g/mol. The molecule has 0 aromatic heterocycles. The molecule has 20 heavy (non-hydrogen) atoms. The summed E-state index contributed by atoms with van der Waals surface area (Å²) in [7, 11) is -3.07. The average Bonchev–Trinajstić information content (AvgIpc) is 2.40. The summed E-state index contributed by atoms with van der Waals surface area (Å²) < 4.78 is 24.4. The average molecular weight is 293 g/mol. The van der Waals surface area contributed by atoms with Crippen molar-refractivity contribution in [2.24, 2.45) is 0 Å². The molecule has 0 spiro atoms. The second kappa shape index (κ2) is 5.92. The molecule has 1 aromatic rings. The standard InChI is InChI=1S/C14H19N3O2S/c1-12-9-13(10-15)3-4-14(12)11-16-5-7-17(8-6-16)20(2,18)19/h3-4,9H,5-8,11H2,1-2H3. The molecule has 1 aromatic carbocycles. The van der Waals surface area contributed by atoms with Gasteiger partial charge in [-0.1, -0.05) is 6.07 Å². The Morgan fingerprint density at radius 2 is 1.90 bits per heavy atom. The lowest BCUT2D eigenvalue weighted by Gasteiger charge is -2.33. The smallest absolute Gasteiger partial charge is 0.211 e. The van der Waals surface area contributed by atoms with E-state index in [9.17, 15) is 8.42 Å². The van der Waals surface area contributed by atoms with E-state index < -0.39 is 10.0 Å². The topological polar surface area (TPSA) is 64.4 Å². The van der Waals surface area contributed by atoms with Crippen LogP contribution in [0.1, 0.15) is 16.7 Å². The largest absolute Gasteiger partial charge is 0.296 e. The fourth-order valence-electron chi connectivity index (χ4n) is 2.40. The van der Waals surface area contributed by atoms with Crippen LogP contribution in [0.25, 0.3) is 0 Å². The van der Waals surface area contributed by atoms with Gasteiger partial charge in [-0.25, -0.2) is 8.42 Å². The molecule has 0 N–H and O–H groups in total. The number of hydrogen-bond acceptors (Lipinski definition) is 4. The highest BCUT2D eigenvalue weighted by Crippen LogP contribution is 2.15. The fraction of sp³-hybridized carbons (Fsp3) is 0.500. The molecule has 0 aliphatic carbocycles. The highest BCUT2D eigenvalue weighted by atomic mass is 32.2. The predicted octanol–water partition coefficient (Wildman–Crippen LogP) is 0.944. The van der Waals surface area contributed by atoms with Crippen molar-refractivity contribution in [2.75, 3.05) is 32.4 Å². The minimum atomic E-state index is -3.07. The molecule has 2 rings (SSSR count). The van der Waals surface area contributed by atoms with E-state index in [1.54, 1.807) is 0 Å². The van der Waals surface area contributed by atoms with Crippen LogP contribution >= 0.6 is 0 Å². The normalized spacial score (nSPS) is 17.9. The lowest BCUT2D eigenvalue weighted by molar-refractivity contribution is 0.182. The summed E-state index contributed by atoms with van der Waals surface area (Å²) in [4.78, 5) is 2.25. The maximum absolute atomic E-state index is 11.5. The molecule has 1 heterocycles. The van der Waals surface area contributed by atoms with E-state index in [1.165, 1.54) is 16.1 Å². The molecule has 1 aliphatic rings. The number of piperazine rings is 1. The van der Waals surface area contributed by atoms with Crippen molar-refractivity contribution in [1.82, 2.24) is 9.21 Å². The molecule has 0 atom stereocenters. The maximum Gasteiger partial charge on any atom is 0.211 e. The van der Waals surface area contributed by atoms with Gasteiger partial charge < -0.3 is 0 Å². The minimum absolute atomic E-state index is 0.550. The number of nitriles is 1. The molecule has 1 fully saturated rings. The second-order valence-corrected chi connectivity index (χ2v) is 7.17. The fourth-order valence-corrected chi connectivity index (χ4v) is 3.23. The van der Waals surface area contributed by atoms with Crippen molar-refractivity contribution >= 4 is 10.0 Å². The predicted molar refractivity (Wildman–Crippen MR) is 77.6 cm³/mol. The molecule has 0 unspecified atom stereocenters. The van der Waals surface area contributed by atoms with E-state index in [0.717, 1.165) is 25.2 Å². The van der Waals surface area contributed by atoms with Gasteiger partial charge in [0, 0.05) is 32.7 Å². The van der Waals surface area contributed by atoms with Crippen molar-refractivity contribution in [3.05, 3.63) is 34.9 Å². The first-order valence-corrected chi connectivity index (χ1v) is 8.42. The summed E-state index contributed by atoms with van der Waals surface area (Å²) in [6.07, 6.45) is 1.26. The summed E-state index contributed by atoms with van der Waals surface area (Å²) in [5.41, 5.74) is 2.97. The molecular formula is C14H19N3O2S. The van der Waals surface area contributed by atoms with Gasteiger partial charge in [-0.05, 0) is 30.2 Å². The van der Waals surface area contributed by atoms with Crippen LogP contribution in [0.3, 0.4) is 0 Å². The molecule has 0 saturated carbocycles. The highest BCUT2D eigenvalue weighted by Gasteiger charge is 2.23. The zero-order valence-electron chi connectivity index (χ0n) is 11.8. The van der Waals surface area contributed by atoms with Crippen LogP contribution in [0.2, 0.25) is 0 Å². The van der Waals surface area contributed by atoms with Crippen molar-refractivity contribution in [3.63, 3.8) is 0 Å². The van der Waals surface area contributed by atoms with Gasteiger partial charge in [0.2, 0.25) is 10.0 Å². The summed E-state index contributed by atoms with van der Waals surface area (Å²) in [5, 5.41) is 8.86. The van der Waals surface area contributed by atoms with Crippen LogP contribution in [0.5, 0.6) is 0 Å². The molecule has 0 bridgehead atoms. The molecule has 6 heteroatoms. The van der Waals surface area contributed by atoms with E-state index in [2.05, 4.69) is 11.0 Å². The number of rotatable bonds is 3. The van der Waals surface area contributed by atoms with E-state index in [1.807, 2.05) is 25.1 Å². The third-order valence-electron chi connectivity index (χ3n) is 3.67.